The largest absolute Gasteiger partial charge is 0.377 e. The van der Waals surface area contributed by atoms with Crippen molar-refractivity contribution in [3.63, 3.8) is 0 Å². The van der Waals surface area contributed by atoms with Gasteiger partial charge >= 0.3 is 0 Å². The highest BCUT2D eigenvalue weighted by molar-refractivity contribution is 5.82. The number of amides is 2. The Morgan fingerprint density at radius 3 is 2.71 bits per heavy atom. The van der Waals surface area contributed by atoms with Crippen LogP contribution in [0.3, 0.4) is 0 Å². The van der Waals surface area contributed by atoms with Gasteiger partial charge in [-0.1, -0.05) is 17.3 Å². The van der Waals surface area contributed by atoms with Crippen LogP contribution in [0.25, 0.3) is 11.0 Å². The van der Waals surface area contributed by atoms with Gasteiger partial charge in [-0.2, -0.15) is 0 Å². The van der Waals surface area contributed by atoms with Crippen LogP contribution in [0.4, 0.5) is 0 Å². The molecule has 2 aliphatic heterocycles. The van der Waals surface area contributed by atoms with Crippen LogP contribution in [-0.2, 0) is 29.6 Å². The maximum atomic E-state index is 13.6. The second-order valence-corrected chi connectivity index (χ2v) is 11.7. The highest BCUT2D eigenvalue weighted by atomic mass is 16.3. The summed E-state index contributed by atoms with van der Waals surface area (Å²) in [4.78, 5) is 36.5. The molecule has 0 bridgehead atoms. The number of carbonyl (C=O) groups is 2. The fourth-order valence-electron chi connectivity index (χ4n) is 6.30. The number of nitrogens with one attached hydrogen (secondary N) is 1. The molecule has 220 valence electrons. The molecule has 2 amide bonds. The Balaban J connectivity index is 1.28. The van der Waals surface area contributed by atoms with E-state index < -0.39 is 12.3 Å². The molecule has 2 aliphatic rings. The number of hydrogen-bond acceptors (Lipinski definition) is 8. The molecule has 0 spiro atoms. The van der Waals surface area contributed by atoms with Crippen molar-refractivity contribution in [3.05, 3.63) is 53.9 Å². The van der Waals surface area contributed by atoms with Crippen molar-refractivity contribution in [3.8, 4) is 0 Å². The highest BCUT2D eigenvalue weighted by Crippen LogP contribution is 2.30. The first-order chi connectivity index (χ1) is 19.8. The van der Waals surface area contributed by atoms with Gasteiger partial charge in [0.05, 0.1) is 11.6 Å². The Kier molecular flexibility index (Phi) is 9.26. The van der Waals surface area contributed by atoms with E-state index >= 15 is 0 Å². The fraction of sp³-hybridized carbons (Fsp3) is 0.567. The third-order valence-electron chi connectivity index (χ3n) is 8.58. The quantitative estimate of drug-likeness (QED) is 0.362. The number of pyridine rings is 1. The lowest BCUT2D eigenvalue weighted by molar-refractivity contribution is -0.135. The van der Waals surface area contributed by atoms with E-state index in [9.17, 15) is 14.7 Å². The average Bonchev–Trinajstić information content (AvgIpc) is 3.73. The Morgan fingerprint density at radius 1 is 1.17 bits per heavy atom. The van der Waals surface area contributed by atoms with Crippen LogP contribution < -0.4 is 5.32 Å². The van der Waals surface area contributed by atoms with E-state index in [-0.39, 0.29) is 23.8 Å². The van der Waals surface area contributed by atoms with E-state index in [1.54, 1.807) is 10.9 Å². The summed E-state index contributed by atoms with van der Waals surface area (Å²) in [5.41, 5.74) is 3.77. The summed E-state index contributed by atoms with van der Waals surface area (Å²) in [6.07, 6.45) is 7.17. The molecule has 4 atom stereocenters. The Labute approximate surface area is 241 Å². The zero-order chi connectivity index (χ0) is 28.9. The first-order valence-electron chi connectivity index (χ1n) is 14.6. The molecule has 5 rings (SSSR count). The van der Waals surface area contributed by atoms with E-state index in [2.05, 4.69) is 26.7 Å². The molecule has 0 radical (unpaired) electrons. The molecule has 1 aromatic carbocycles. The minimum atomic E-state index is -0.887. The summed E-state index contributed by atoms with van der Waals surface area (Å²) in [6.45, 7) is 2.59. The van der Waals surface area contributed by atoms with Crippen molar-refractivity contribution in [2.75, 3.05) is 33.7 Å². The maximum Gasteiger partial charge on any atom is 0.237 e. The van der Waals surface area contributed by atoms with Gasteiger partial charge in [0.2, 0.25) is 11.8 Å². The Hall–Kier alpha value is -3.41. The summed E-state index contributed by atoms with van der Waals surface area (Å²) in [5, 5.41) is 23.1. The van der Waals surface area contributed by atoms with Crippen molar-refractivity contribution in [1.82, 2.24) is 40.0 Å². The van der Waals surface area contributed by atoms with Gasteiger partial charge in [0.25, 0.3) is 0 Å². The van der Waals surface area contributed by atoms with Gasteiger partial charge in [0, 0.05) is 58.1 Å². The van der Waals surface area contributed by atoms with Crippen molar-refractivity contribution < 1.29 is 14.7 Å². The Bertz CT molecular complexity index is 1320. The first kappa shape index (κ1) is 29.1. The highest BCUT2D eigenvalue weighted by Gasteiger charge is 2.42. The number of rotatable bonds is 11. The number of hydrogen-bond donors (Lipinski definition) is 2. The van der Waals surface area contributed by atoms with E-state index in [1.807, 2.05) is 66.3 Å². The van der Waals surface area contributed by atoms with Gasteiger partial charge in [0.15, 0.2) is 0 Å². The summed E-state index contributed by atoms with van der Waals surface area (Å²) < 4.78 is 1.72. The van der Waals surface area contributed by atoms with Gasteiger partial charge in [-0.3, -0.25) is 19.5 Å². The number of aliphatic hydroxyl groups excluding tert-OH is 1. The maximum absolute atomic E-state index is 13.6. The standard InChI is InChI=1S/C30H42N8O3/c1-35(2)26(10-11-28(39)37-13-4-5-14-37)30(41)38-20-23(15-21-7-6-12-31-18-21)17-27(38)29(40)32-19-22-8-9-25-24(16-22)33-34-36(25)3/h6-9,12,16,18,23,26-27,30,41H,4-5,10-11,13-15,17,19-20H2,1-3H3,(H,32,40). The minimum Gasteiger partial charge on any atom is -0.377 e. The van der Waals surface area contributed by atoms with E-state index in [1.165, 1.54) is 0 Å². The zero-order valence-corrected chi connectivity index (χ0v) is 24.3. The summed E-state index contributed by atoms with van der Waals surface area (Å²) in [6, 6.07) is 9.08. The van der Waals surface area contributed by atoms with Crippen molar-refractivity contribution in [2.24, 2.45) is 13.0 Å². The number of aliphatic hydroxyl groups is 1. The third-order valence-corrected chi connectivity index (χ3v) is 8.58. The fourth-order valence-corrected chi connectivity index (χ4v) is 6.30. The topological polar surface area (TPSA) is 120 Å². The number of aryl methyl sites for hydroxylation is 1. The first-order valence-corrected chi connectivity index (χ1v) is 14.6. The molecule has 2 N–H and O–H groups in total. The molecular formula is C30H42N8O3. The van der Waals surface area contributed by atoms with Crippen LogP contribution in [0.5, 0.6) is 0 Å². The van der Waals surface area contributed by atoms with Crippen molar-refractivity contribution >= 4 is 22.8 Å². The zero-order valence-electron chi connectivity index (χ0n) is 24.3. The third kappa shape index (κ3) is 6.91. The molecule has 41 heavy (non-hydrogen) atoms. The van der Waals surface area contributed by atoms with Gasteiger partial charge in [-0.05, 0) is 81.4 Å². The molecule has 2 saturated heterocycles. The predicted molar refractivity (Wildman–Crippen MR) is 155 cm³/mol. The number of likely N-dealkylation sites (N-methyl/N-ethyl adjacent to an activating group) is 1. The van der Waals surface area contributed by atoms with Crippen LogP contribution in [0.2, 0.25) is 0 Å². The molecule has 4 unspecified atom stereocenters. The second-order valence-electron chi connectivity index (χ2n) is 11.7. The monoisotopic (exact) mass is 562 g/mol. The molecule has 2 fully saturated rings. The van der Waals surface area contributed by atoms with Crippen molar-refractivity contribution in [2.45, 2.75) is 63.4 Å². The SMILES string of the molecule is CN(C)C(CCC(=O)N1CCCC1)C(O)N1CC(Cc2cccnc2)CC1C(=O)NCc1ccc2c(c1)nnn2C. The van der Waals surface area contributed by atoms with Gasteiger partial charge in [-0.15, -0.1) is 5.10 Å². The van der Waals surface area contributed by atoms with E-state index in [0.717, 1.165) is 54.5 Å². The van der Waals surface area contributed by atoms with E-state index in [4.69, 9.17) is 0 Å². The van der Waals surface area contributed by atoms with Gasteiger partial charge in [-0.25, -0.2) is 4.68 Å². The van der Waals surface area contributed by atoms with Crippen LogP contribution >= 0.6 is 0 Å². The second kappa shape index (κ2) is 13.1. The molecule has 0 aliphatic carbocycles. The lowest BCUT2D eigenvalue weighted by Gasteiger charge is -2.37. The lowest BCUT2D eigenvalue weighted by atomic mass is 9.97. The number of aromatic nitrogens is 4. The van der Waals surface area contributed by atoms with Crippen LogP contribution in [0.1, 0.15) is 43.2 Å². The average molecular weight is 563 g/mol. The predicted octanol–water partition coefficient (Wildman–Crippen LogP) is 1.56. The van der Waals surface area contributed by atoms with Crippen molar-refractivity contribution in [1.29, 1.82) is 0 Å². The number of benzene rings is 1. The molecule has 0 saturated carbocycles. The smallest absolute Gasteiger partial charge is 0.237 e. The van der Waals surface area contributed by atoms with E-state index in [0.29, 0.717) is 32.4 Å². The molecule has 3 aromatic rings. The minimum absolute atomic E-state index is 0.109. The molecule has 4 heterocycles. The van der Waals surface area contributed by atoms with Crippen LogP contribution in [-0.4, -0.2) is 104 Å². The normalized spacial score (nSPS) is 21.0. The number of likely N-dealkylation sites (tertiary alicyclic amines) is 2. The van der Waals surface area contributed by atoms with Gasteiger partial charge < -0.3 is 20.2 Å². The summed E-state index contributed by atoms with van der Waals surface area (Å²) in [7, 11) is 5.70. The lowest BCUT2D eigenvalue weighted by Crippen LogP contribution is -2.55. The van der Waals surface area contributed by atoms with Crippen LogP contribution in [0.15, 0.2) is 42.7 Å². The molecular weight excluding hydrogens is 520 g/mol. The number of fused-ring (bicyclic) bond motifs is 1. The van der Waals surface area contributed by atoms with Gasteiger partial charge in [0.1, 0.15) is 11.7 Å². The summed E-state index contributed by atoms with van der Waals surface area (Å²) >= 11 is 0. The summed E-state index contributed by atoms with van der Waals surface area (Å²) in [5.74, 6) is 0.226. The molecule has 2 aromatic heterocycles. The Morgan fingerprint density at radius 2 is 1.98 bits per heavy atom. The molecule has 11 nitrogen and oxygen atoms in total. The number of carbonyl (C=O) groups excluding carboxylic acids is 2. The number of nitrogens with zero attached hydrogens (tertiary/aromatic N) is 7. The van der Waals surface area contributed by atoms with Crippen LogP contribution in [0, 0.1) is 5.92 Å². The molecule has 11 heteroatoms.